The average molecular weight is 743 g/mol. The fourth-order valence-electron chi connectivity index (χ4n) is 9.02. The van der Waals surface area contributed by atoms with Crippen LogP contribution in [0.3, 0.4) is 0 Å². The number of benzene rings is 8. The van der Waals surface area contributed by atoms with Crippen molar-refractivity contribution in [3.8, 4) is 78.4 Å². The quantitative estimate of drug-likeness (QED) is 0.170. The Labute approximate surface area is 338 Å². The molecular weight excluding hydrogens is 705 g/mol. The summed E-state index contributed by atoms with van der Waals surface area (Å²) in [5.41, 5.74) is 18.8. The number of para-hydroxylation sites is 1. The van der Waals surface area contributed by atoms with Gasteiger partial charge in [0.1, 0.15) is 11.2 Å². The standard InChI is InChI=1S/C55H38N2O/c1-55(2)46-23-11-9-19-44(46)52-42(21-13-24-47(52)55)36-27-29-37(30-28-36)48-34-49(57-54(56-48)38-17-7-4-8-18-38)41-32-39(35-15-5-3-6-16-35)31-40(33-41)43-22-14-26-51-53(43)45-20-10-12-25-50(45)58-51/h3-34H,1-2H3. The molecule has 0 unspecified atom stereocenters. The second kappa shape index (κ2) is 13.4. The molecule has 2 aromatic heterocycles. The molecule has 58 heavy (non-hydrogen) atoms. The molecule has 0 bridgehead atoms. The van der Waals surface area contributed by atoms with E-state index in [1.165, 1.54) is 33.4 Å². The van der Waals surface area contributed by atoms with Gasteiger partial charge >= 0.3 is 0 Å². The van der Waals surface area contributed by atoms with Gasteiger partial charge in [-0.05, 0) is 92.0 Å². The molecule has 1 aliphatic carbocycles. The van der Waals surface area contributed by atoms with Gasteiger partial charge in [0.05, 0.1) is 11.4 Å². The van der Waals surface area contributed by atoms with Crippen LogP contribution in [0.5, 0.6) is 0 Å². The van der Waals surface area contributed by atoms with Crippen molar-refractivity contribution in [2.45, 2.75) is 19.3 Å². The van der Waals surface area contributed by atoms with Gasteiger partial charge in [-0.15, -0.1) is 0 Å². The first-order valence-electron chi connectivity index (χ1n) is 19.9. The molecule has 2 heterocycles. The average Bonchev–Trinajstić information content (AvgIpc) is 3.79. The second-order valence-corrected chi connectivity index (χ2v) is 15.7. The Kier molecular flexibility index (Phi) is 7.84. The van der Waals surface area contributed by atoms with E-state index in [4.69, 9.17) is 14.4 Å². The zero-order valence-electron chi connectivity index (χ0n) is 32.3. The van der Waals surface area contributed by atoms with Crippen LogP contribution in [0.4, 0.5) is 0 Å². The zero-order valence-corrected chi connectivity index (χ0v) is 32.3. The summed E-state index contributed by atoms with van der Waals surface area (Å²) in [5, 5.41) is 2.21. The van der Waals surface area contributed by atoms with Gasteiger partial charge in [0.25, 0.3) is 0 Å². The Hall–Kier alpha value is -7.36. The monoisotopic (exact) mass is 742 g/mol. The number of nitrogens with zero attached hydrogens (tertiary/aromatic N) is 2. The Morgan fingerprint density at radius 1 is 0.379 bits per heavy atom. The van der Waals surface area contributed by atoms with Crippen LogP contribution in [0.2, 0.25) is 0 Å². The highest BCUT2D eigenvalue weighted by Gasteiger charge is 2.36. The summed E-state index contributed by atoms with van der Waals surface area (Å²) in [6, 6.07) is 68.9. The Balaban J connectivity index is 1.07. The molecule has 3 heteroatoms. The normalized spacial score (nSPS) is 12.8. The third kappa shape index (κ3) is 5.58. The molecule has 0 spiro atoms. The summed E-state index contributed by atoms with van der Waals surface area (Å²) in [4.78, 5) is 10.5. The summed E-state index contributed by atoms with van der Waals surface area (Å²) in [6.45, 7) is 4.67. The first kappa shape index (κ1) is 33.9. The first-order valence-corrected chi connectivity index (χ1v) is 19.9. The number of hydrogen-bond acceptors (Lipinski definition) is 3. The van der Waals surface area contributed by atoms with E-state index in [1.54, 1.807) is 0 Å². The minimum absolute atomic E-state index is 0.0520. The number of hydrogen-bond donors (Lipinski definition) is 0. The highest BCUT2D eigenvalue weighted by Crippen LogP contribution is 2.52. The maximum Gasteiger partial charge on any atom is 0.160 e. The predicted octanol–water partition coefficient (Wildman–Crippen LogP) is 14.7. The third-order valence-electron chi connectivity index (χ3n) is 11.9. The Bertz CT molecular complexity index is 3180. The third-order valence-corrected chi connectivity index (χ3v) is 11.9. The van der Waals surface area contributed by atoms with Crippen LogP contribution < -0.4 is 0 Å². The summed E-state index contributed by atoms with van der Waals surface area (Å²) in [7, 11) is 0. The van der Waals surface area contributed by atoms with Crippen LogP contribution in [0.25, 0.3) is 100 Å². The predicted molar refractivity (Wildman–Crippen MR) is 239 cm³/mol. The van der Waals surface area contributed by atoms with Crippen molar-refractivity contribution in [1.29, 1.82) is 0 Å². The van der Waals surface area contributed by atoms with E-state index in [1.807, 2.05) is 30.3 Å². The Morgan fingerprint density at radius 3 is 1.76 bits per heavy atom. The molecule has 0 N–H and O–H groups in total. The lowest BCUT2D eigenvalue weighted by Crippen LogP contribution is -2.14. The summed E-state index contributed by atoms with van der Waals surface area (Å²) < 4.78 is 6.34. The van der Waals surface area contributed by atoms with Gasteiger partial charge in [0, 0.05) is 32.9 Å². The first-order chi connectivity index (χ1) is 28.5. The molecular formula is C55H38N2O. The molecule has 1 aliphatic rings. The molecule has 0 radical (unpaired) electrons. The lowest BCUT2D eigenvalue weighted by molar-refractivity contribution is 0.660. The number of aromatic nitrogens is 2. The lowest BCUT2D eigenvalue weighted by atomic mass is 9.82. The van der Waals surface area contributed by atoms with Crippen LogP contribution >= 0.6 is 0 Å². The van der Waals surface area contributed by atoms with E-state index in [2.05, 4.69) is 178 Å². The van der Waals surface area contributed by atoms with Crippen molar-refractivity contribution in [3.63, 3.8) is 0 Å². The van der Waals surface area contributed by atoms with Crippen molar-refractivity contribution in [1.82, 2.24) is 9.97 Å². The molecule has 11 rings (SSSR count). The smallest absolute Gasteiger partial charge is 0.160 e. The van der Waals surface area contributed by atoms with Gasteiger partial charge in [0.2, 0.25) is 0 Å². The molecule has 0 amide bonds. The second-order valence-electron chi connectivity index (χ2n) is 15.7. The minimum Gasteiger partial charge on any atom is -0.456 e. The van der Waals surface area contributed by atoms with Gasteiger partial charge in [-0.2, -0.15) is 0 Å². The molecule has 3 nitrogen and oxygen atoms in total. The summed E-state index contributed by atoms with van der Waals surface area (Å²) in [6.07, 6.45) is 0. The van der Waals surface area contributed by atoms with E-state index in [-0.39, 0.29) is 5.41 Å². The van der Waals surface area contributed by atoms with E-state index in [0.29, 0.717) is 5.82 Å². The maximum absolute atomic E-state index is 6.34. The molecule has 0 saturated carbocycles. The molecule has 274 valence electrons. The minimum atomic E-state index is -0.0520. The molecule has 0 atom stereocenters. The van der Waals surface area contributed by atoms with Crippen molar-refractivity contribution in [2.24, 2.45) is 0 Å². The zero-order chi connectivity index (χ0) is 38.8. The van der Waals surface area contributed by atoms with Gasteiger partial charge < -0.3 is 4.42 Å². The number of rotatable bonds is 6. The molecule has 10 aromatic rings. The van der Waals surface area contributed by atoms with Crippen molar-refractivity contribution in [2.75, 3.05) is 0 Å². The fraction of sp³-hybridized carbons (Fsp3) is 0.0545. The van der Waals surface area contributed by atoms with Crippen molar-refractivity contribution < 1.29 is 4.42 Å². The van der Waals surface area contributed by atoms with E-state index >= 15 is 0 Å². The van der Waals surface area contributed by atoms with Crippen molar-refractivity contribution in [3.05, 3.63) is 205 Å². The molecule has 8 aromatic carbocycles. The van der Waals surface area contributed by atoms with E-state index in [0.717, 1.165) is 72.3 Å². The fourth-order valence-corrected chi connectivity index (χ4v) is 9.02. The van der Waals surface area contributed by atoms with Crippen LogP contribution in [-0.4, -0.2) is 9.97 Å². The van der Waals surface area contributed by atoms with Gasteiger partial charge in [-0.3, -0.25) is 0 Å². The number of furan rings is 1. The largest absolute Gasteiger partial charge is 0.456 e. The summed E-state index contributed by atoms with van der Waals surface area (Å²) in [5.74, 6) is 0.687. The SMILES string of the molecule is CC1(C)c2ccccc2-c2c(-c3ccc(-c4cc(-c5cc(-c6ccccc6)cc(-c6cccc7oc8ccccc8c67)c5)nc(-c5ccccc5)n4)cc3)cccc21. The van der Waals surface area contributed by atoms with E-state index < -0.39 is 0 Å². The topological polar surface area (TPSA) is 38.9 Å². The van der Waals surface area contributed by atoms with Crippen molar-refractivity contribution >= 4 is 21.9 Å². The highest BCUT2D eigenvalue weighted by atomic mass is 16.3. The van der Waals surface area contributed by atoms with Gasteiger partial charge in [0.15, 0.2) is 5.82 Å². The van der Waals surface area contributed by atoms with E-state index in [9.17, 15) is 0 Å². The highest BCUT2D eigenvalue weighted by molar-refractivity contribution is 6.12. The molecule has 0 saturated heterocycles. The van der Waals surface area contributed by atoms with Crippen LogP contribution in [0.1, 0.15) is 25.0 Å². The molecule has 0 aliphatic heterocycles. The summed E-state index contributed by atoms with van der Waals surface area (Å²) >= 11 is 0. The Morgan fingerprint density at radius 2 is 0.948 bits per heavy atom. The van der Waals surface area contributed by atoms with Gasteiger partial charge in [-0.25, -0.2) is 9.97 Å². The molecule has 0 fully saturated rings. The van der Waals surface area contributed by atoms with Crippen LogP contribution in [0, 0.1) is 0 Å². The maximum atomic E-state index is 6.34. The van der Waals surface area contributed by atoms with Crippen LogP contribution in [-0.2, 0) is 5.41 Å². The lowest BCUT2D eigenvalue weighted by Gasteiger charge is -2.21. The van der Waals surface area contributed by atoms with Gasteiger partial charge in [-0.1, -0.05) is 172 Å². The van der Waals surface area contributed by atoms with Crippen LogP contribution in [0.15, 0.2) is 199 Å². The number of fused-ring (bicyclic) bond motifs is 6.